The first kappa shape index (κ1) is 17.9. The number of carbonyl (C=O) groups is 1. The van der Waals surface area contributed by atoms with E-state index in [4.69, 9.17) is 23.8 Å². The molecule has 2 aromatic rings. The van der Waals surface area contributed by atoms with E-state index in [9.17, 15) is 4.79 Å². The highest BCUT2D eigenvalue weighted by molar-refractivity contribution is 7.80. The predicted octanol–water partition coefficient (Wildman–Crippen LogP) is 3.41. The Balaban J connectivity index is 2.02. The number of carbonyl (C=O) groups excluding carboxylic acids is 1. The molecule has 0 aromatic heterocycles. The monoisotopic (exact) mass is 360 g/mol. The van der Waals surface area contributed by atoms with Crippen LogP contribution >= 0.6 is 23.8 Å². The summed E-state index contributed by atoms with van der Waals surface area (Å²) in [5.74, 6) is -0.263. The van der Waals surface area contributed by atoms with Crippen molar-refractivity contribution < 1.29 is 4.79 Å². The van der Waals surface area contributed by atoms with Gasteiger partial charge < -0.3 is 10.6 Å². The number of nitrogens with one attached hydrogen (secondary N) is 3. The number of hydrogen-bond acceptors (Lipinski definition) is 3. The number of benzene rings is 2. The van der Waals surface area contributed by atoms with Crippen LogP contribution in [0.4, 0.5) is 5.69 Å². The summed E-state index contributed by atoms with van der Waals surface area (Å²) in [5.41, 5.74) is 4.61. The van der Waals surface area contributed by atoms with Gasteiger partial charge in [-0.05, 0) is 49.0 Å². The Bertz CT molecular complexity index is 764. The maximum Gasteiger partial charge on any atom is 0.257 e. The van der Waals surface area contributed by atoms with Crippen molar-refractivity contribution in [2.45, 2.75) is 6.92 Å². The molecule has 0 saturated carbocycles. The molecule has 0 aliphatic carbocycles. The molecule has 2 aromatic carbocycles. The van der Waals surface area contributed by atoms with Crippen LogP contribution in [0.15, 0.2) is 53.6 Å². The zero-order valence-electron chi connectivity index (χ0n) is 13.0. The largest absolute Gasteiger partial charge is 0.362 e. The van der Waals surface area contributed by atoms with Crippen LogP contribution in [-0.4, -0.2) is 23.8 Å². The Kier molecular flexibility index (Phi) is 6.72. The molecule has 0 bridgehead atoms. The summed E-state index contributed by atoms with van der Waals surface area (Å²) < 4.78 is 0. The summed E-state index contributed by atoms with van der Waals surface area (Å²) in [6.45, 7) is 2.67. The molecule has 0 atom stereocenters. The molecule has 0 heterocycles. The Morgan fingerprint density at radius 1 is 1.25 bits per heavy atom. The molecular weight excluding hydrogens is 344 g/mol. The molecule has 1 amide bonds. The van der Waals surface area contributed by atoms with E-state index < -0.39 is 0 Å². The topological polar surface area (TPSA) is 65.5 Å². The quantitative estimate of drug-likeness (QED) is 0.434. The second-order valence-electron chi connectivity index (χ2n) is 4.79. The minimum Gasteiger partial charge on any atom is -0.362 e. The zero-order chi connectivity index (χ0) is 17.4. The van der Waals surface area contributed by atoms with Gasteiger partial charge in [-0.1, -0.05) is 35.9 Å². The van der Waals surface area contributed by atoms with Crippen LogP contribution in [0.25, 0.3) is 0 Å². The summed E-state index contributed by atoms with van der Waals surface area (Å²) in [6, 6.07) is 14.2. The molecular formula is C17H17ClN4OS. The SMILES string of the molecule is CCNC(=S)N/N=C\c1cccc(NC(=O)c2ccccc2Cl)c1. The number of hydrazone groups is 1. The van der Waals surface area contributed by atoms with Gasteiger partial charge >= 0.3 is 0 Å². The van der Waals surface area contributed by atoms with Gasteiger partial charge in [0.2, 0.25) is 0 Å². The summed E-state index contributed by atoms with van der Waals surface area (Å²) >= 11 is 11.0. The number of halogens is 1. The van der Waals surface area contributed by atoms with E-state index in [0.29, 0.717) is 21.4 Å². The molecule has 3 N–H and O–H groups in total. The van der Waals surface area contributed by atoms with Crippen LogP contribution in [0.2, 0.25) is 5.02 Å². The number of rotatable bonds is 5. The highest BCUT2D eigenvalue weighted by Gasteiger charge is 2.09. The van der Waals surface area contributed by atoms with E-state index in [1.165, 1.54) is 0 Å². The molecule has 124 valence electrons. The van der Waals surface area contributed by atoms with Crippen molar-refractivity contribution in [1.29, 1.82) is 0 Å². The summed E-state index contributed by atoms with van der Waals surface area (Å²) in [6.07, 6.45) is 1.62. The minimum absolute atomic E-state index is 0.263. The van der Waals surface area contributed by atoms with Crippen LogP contribution in [0, 0.1) is 0 Å². The maximum atomic E-state index is 12.3. The van der Waals surface area contributed by atoms with Gasteiger partial charge in [0.15, 0.2) is 5.11 Å². The average Bonchev–Trinajstić information content (AvgIpc) is 2.56. The first-order valence-corrected chi connectivity index (χ1v) is 8.11. The highest BCUT2D eigenvalue weighted by atomic mass is 35.5. The van der Waals surface area contributed by atoms with Crippen LogP contribution < -0.4 is 16.1 Å². The first-order chi connectivity index (χ1) is 11.6. The molecule has 5 nitrogen and oxygen atoms in total. The van der Waals surface area contributed by atoms with E-state index in [-0.39, 0.29) is 5.91 Å². The Hall–Kier alpha value is -2.44. The predicted molar refractivity (Wildman–Crippen MR) is 103 cm³/mol. The zero-order valence-corrected chi connectivity index (χ0v) is 14.6. The number of thiocarbonyl (C=S) groups is 1. The van der Waals surface area contributed by atoms with Gasteiger partial charge in [-0.15, -0.1) is 0 Å². The maximum absolute atomic E-state index is 12.3. The van der Waals surface area contributed by atoms with Crippen molar-refractivity contribution in [2.24, 2.45) is 5.10 Å². The molecule has 0 aliphatic heterocycles. The molecule has 0 aliphatic rings. The van der Waals surface area contributed by atoms with Crippen molar-refractivity contribution in [3.05, 3.63) is 64.7 Å². The van der Waals surface area contributed by atoms with Gasteiger partial charge in [0.25, 0.3) is 5.91 Å². The molecule has 2 rings (SSSR count). The second kappa shape index (κ2) is 9.00. The van der Waals surface area contributed by atoms with Crippen molar-refractivity contribution in [2.75, 3.05) is 11.9 Å². The number of hydrogen-bond donors (Lipinski definition) is 3. The van der Waals surface area contributed by atoms with Crippen LogP contribution in [-0.2, 0) is 0 Å². The van der Waals surface area contributed by atoms with Crippen molar-refractivity contribution >= 4 is 46.7 Å². The van der Waals surface area contributed by atoms with E-state index >= 15 is 0 Å². The molecule has 0 spiro atoms. The van der Waals surface area contributed by atoms with Gasteiger partial charge in [0.05, 0.1) is 16.8 Å². The third-order valence-corrected chi connectivity index (χ3v) is 3.55. The van der Waals surface area contributed by atoms with Gasteiger partial charge in [0.1, 0.15) is 0 Å². The number of amides is 1. The minimum atomic E-state index is -0.263. The fourth-order valence-electron chi connectivity index (χ4n) is 1.91. The van der Waals surface area contributed by atoms with E-state index in [2.05, 4.69) is 21.2 Å². The van der Waals surface area contributed by atoms with Crippen LogP contribution in [0.1, 0.15) is 22.8 Å². The van der Waals surface area contributed by atoms with Gasteiger partial charge in [-0.2, -0.15) is 5.10 Å². The van der Waals surface area contributed by atoms with E-state index in [1.54, 1.807) is 42.6 Å². The normalized spacial score (nSPS) is 10.4. The molecule has 7 heteroatoms. The molecule has 0 radical (unpaired) electrons. The first-order valence-electron chi connectivity index (χ1n) is 7.33. The average molecular weight is 361 g/mol. The fraction of sp³-hybridized carbons (Fsp3) is 0.118. The van der Waals surface area contributed by atoms with Gasteiger partial charge in [-0.3, -0.25) is 10.2 Å². The lowest BCUT2D eigenvalue weighted by molar-refractivity contribution is 0.102. The molecule has 0 saturated heterocycles. The Morgan fingerprint density at radius 2 is 2.04 bits per heavy atom. The number of nitrogens with zero attached hydrogens (tertiary/aromatic N) is 1. The fourth-order valence-corrected chi connectivity index (χ4v) is 2.32. The second-order valence-corrected chi connectivity index (χ2v) is 5.60. The van der Waals surface area contributed by atoms with Crippen molar-refractivity contribution in [1.82, 2.24) is 10.7 Å². The lowest BCUT2D eigenvalue weighted by atomic mass is 10.2. The van der Waals surface area contributed by atoms with E-state index in [1.807, 2.05) is 19.1 Å². The smallest absolute Gasteiger partial charge is 0.257 e. The standard InChI is InChI=1S/C17H17ClN4OS/c1-2-19-17(24)22-20-11-12-6-5-7-13(10-12)21-16(23)14-8-3-4-9-15(14)18/h3-11H,2H2,1H3,(H,21,23)(H2,19,22,24)/b20-11-. The lowest BCUT2D eigenvalue weighted by Gasteiger charge is -2.07. The third kappa shape index (κ3) is 5.33. The summed E-state index contributed by atoms with van der Waals surface area (Å²) in [7, 11) is 0. The third-order valence-electron chi connectivity index (χ3n) is 2.98. The van der Waals surface area contributed by atoms with Gasteiger partial charge in [-0.25, -0.2) is 0 Å². The molecule has 24 heavy (non-hydrogen) atoms. The van der Waals surface area contributed by atoms with Crippen LogP contribution in [0.5, 0.6) is 0 Å². The Labute approximate surface area is 151 Å². The van der Waals surface area contributed by atoms with Gasteiger partial charge in [0, 0.05) is 12.2 Å². The van der Waals surface area contributed by atoms with Crippen molar-refractivity contribution in [3.63, 3.8) is 0 Å². The number of anilines is 1. The molecule has 0 fully saturated rings. The molecule has 0 unspecified atom stereocenters. The lowest BCUT2D eigenvalue weighted by Crippen LogP contribution is -2.31. The summed E-state index contributed by atoms with van der Waals surface area (Å²) in [4.78, 5) is 12.3. The summed E-state index contributed by atoms with van der Waals surface area (Å²) in [5, 5.41) is 10.7. The van der Waals surface area contributed by atoms with Crippen molar-refractivity contribution in [3.8, 4) is 0 Å². The Morgan fingerprint density at radius 3 is 2.79 bits per heavy atom. The van der Waals surface area contributed by atoms with E-state index in [0.717, 1.165) is 12.1 Å². The van der Waals surface area contributed by atoms with Crippen LogP contribution in [0.3, 0.4) is 0 Å². The highest BCUT2D eigenvalue weighted by Crippen LogP contribution is 2.17.